The lowest BCUT2D eigenvalue weighted by Crippen LogP contribution is -2.34. The fourth-order valence-electron chi connectivity index (χ4n) is 3.07. The molecule has 0 unspecified atom stereocenters. The van der Waals surface area contributed by atoms with Gasteiger partial charge in [-0.3, -0.25) is 9.58 Å². The summed E-state index contributed by atoms with van der Waals surface area (Å²) in [4.78, 5) is 7.14. The van der Waals surface area contributed by atoms with Gasteiger partial charge in [0.05, 0.1) is 12.3 Å². The van der Waals surface area contributed by atoms with Gasteiger partial charge in [0.1, 0.15) is 5.01 Å². The molecule has 0 aromatic carbocycles. The number of methoxy groups -OCH3 is 1. The molecule has 1 aliphatic heterocycles. The van der Waals surface area contributed by atoms with Crippen molar-refractivity contribution in [3.8, 4) is 0 Å². The predicted octanol–water partition coefficient (Wildman–Crippen LogP) is 2.40. The first-order chi connectivity index (χ1) is 10.3. The summed E-state index contributed by atoms with van der Waals surface area (Å²) >= 11 is 1.69. The Labute approximate surface area is 129 Å². The van der Waals surface area contributed by atoms with Gasteiger partial charge in [-0.1, -0.05) is 0 Å². The van der Waals surface area contributed by atoms with Crippen molar-refractivity contribution in [3.63, 3.8) is 0 Å². The zero-order chi connectivity index (χ0) is 14.7. The normalized spacial score (nSPS) is 20.0. The molecule has 0 aliphatic carbocycles. The fraction of sp³-hybridized carbons (Fsp3) is 0.600. The summed E-state index contributed by atoms with van der Waals surface area (Å²) in [7, 11) is 3.75. The lowest BCUT2D eigenvalue weighted by molar-refractivity contribution is 0.182. The van der Waals surface area contributed by atoms with Gasteiger partial charge in [0.25, 0.3) is 0 Å². The molecule has 1 aliphatic rings. The van der Waals surface area contributed by atoms with Crippen LogP contribution in [0.2, 0.25) is 0 Å². The molecule has 0 N–H and O–H groups in total. The largest absolute Gasteiger partial charge is 0.378 e. The van der Waals surface area contributed by atoms with Crippen molar-refractivity contribution in [2.24, 2.45) is 7.05 Å². The van der Waals surface area contributed by atoms with E-state index in [0.717, 1.165) is 30.3 Å². The number of hydrogen-bond donors (Lipinski definition) is 0. The molecule has 21 heavy (non-hydrogen) atoms. The van der Waals surface area contributed by atoms with Crippen LogP contribution >= 0.6 is 11.3 Å². The highest BCUT2D eigenvalue weighted by molar-refractivity contribution is 7.09. The van der Waals surface area contributed by atoms with Gasteiger partial charge < -0.3 is 4.74 Å². The molecular formula is C15H22N4OS. The van der Waals surface area contributed by atoms with E-state index >= 15 is 0 Å². The fourth-order valence-corrected chi connectivity index (χ4v) is 3.82. The number of aryl methyl sites for hydroxylation is 1. The van der Waals surface area contributed by atoms with Crippen LogP contribution < -0.4 is 0 Å². The Kier molecular flexibility index (Phi) is 4.67. The summed E-state index contributed by atoms with van der Waals surface area (Å²) in [6.07, 6.45) is 4.39. The van der Waals surface area contributed by atoms with Crippen LogP contribution in [-0.4, -0.2) is 39.9 Å². The van der Waals surface area contributed by atoms with Crippen LogP contribution in [0.5, 0.6) is 0 Å². The average molecular weight is 306 g/mol. The van der Waals surface area contributed by atoms with Gasteiger partial charge in [0.15, 0.2) is 0 Å². The second kappa shape index (κ2) is 6.68. The zero-order valence-corrected chi connectivity index (χ0v) is 13.5. The molecule has 0 bridgehead atoms. The van der Waals surface area contributed by atoms with Gasteiger partial charge in [-0.25, -0.2) is 4.98 Å². The van der Waals surface area contributed by atoms with Gasteiger partial charge >= 0.3 is 0 Å². The van der Waals surface area contributed by atoms with Crippen LogP contribution in [0.25, 0.3) is 0 Å². The molecule has 3 rings (SSSR count). The lowest BCUT2D eigenvalue weighted by Gasteiger charge is -2.32. The van der Waals surface area contributed by atoms with Crippen molar-refractivity contribution >= 4 is 11.3 Å². The van der Waals surface area contributed by atoms with Crippen LogP contribution in [0.15, 0.2) is 17.6 Å². The van der Waals surface area contributed by atoms with Crippen LogP contribution in [0.3, 0.4) is 0 Å². The van der Waals surface area contributed by atoms with E-state index in [0.29, 0.717) is 12.5 Å². The van der Waals surface area contributed by atoms with Gasteiger partial charge in [0, 0.05) is 50.4 Å². The van der Waals surface area contributed by atoms with Crippen molar-refractivity contribution in [1.29, 1.82) is 0 Å². The molecule has 2 aromatic rings. The van der Waals surface area contributed by atoms with Crippen LogP contribution in [-0.2, 0) is 24.9 Å². The van der Waals surface area contributed by atoms with E-state index in [4.69, 9.17) is 4.74 Å². The van der Waals surface area contributed by atoms with Gasteiger partial charge in [-0.2, -0.15) is 5.10 Å². The molecule has 1 fully saturated rings. The van der Waals surface area contributed by atoms with Crippen LogP contribution in [0, 0.1) is 0 Å². The van der Waals surface area contributed by atoms with E-state index in [9.17, 15) is 0 Å². The topological polar surface area (TPSA) is 43.2 Å². The molecule has 0 saturated carbocycles. The summed E-state index contributed by atoms with van der Waals surface area (Å²) in [6, 6.07) is 2.15. The molecule has 0 radical (unpaired) electrons. The minimum Gasteiger partial charge on any atom is -0.378 e. The van der Waals surface area contributed by atoms with Gasteiger partial charge in [-0.15, -0.1) is 11.3 Å². The second-order valence-electron chi connectivity index (χ2n) is 5.62. The smallest absolute Gasteiger partial charge is 0.119 e. The average Bonchev–Trinajstić information content (AvgIpc) is 3.09. The predicted molar refractivity (Wildman–Crippen MR) is 83.3 cm³/mol. The van der Waals surface area contributed by atoms with E-state index in [2.05, 4.69) is 26.4 Å². The van der Waals surface area contributed by atoms with E-state index < -0.39 is 0 Å². The third-order valence-corrected chi connectivity index (χ3v) is 4.91. The summed E-state index contributed by atoms with van der Waals surface area (Å²) in [5.74, 6) is 0.586. The number of piperidine rings is 1. The molecule has 5 nitrogen and oxygen atoms in total. The van der Waals surface area contributed by atoms with Crippen molar-refractivity contribution in [1.82, 2.24) is 19.7 Å². The number of hydrogen-bond acceptors (Lipinski definition) is 5. The van der Waals surface area contributed by atoms with E-state index in [1.54, 1.807) is 18.4 Å². The van der Waals surface area contributed by atoms with Gasteiger partial charge in [-0.05, 0) is 25.5 Å². The zero-order valence-electron chi connectivity index (χ0n) is 12.7. The number of likely N-dealkylation sites (tertiary alicyclic amines) is 1. The van der Waals surface area contributed by atoms with Crippen LogP contribution in [0.4, 0.5) is 0 Å². The minimum atomic E-state index is 0.586. The molecule has 114 valence electrons. The maximum atomic E-state index is 5.13. The monoisotopic (exact) mass is 306 g/mol. The SMILES string of the molecule is COCc1nc(CN2CCC[C@H](c3ccnn3C)C2)cs1. The Morgan fingerprint density at radius 2 is 2.38 bits per heavy atom. The summed E-state index contributed by atoms with van der Waals surface area (Å²) in [6.45, 7) is 3.80. The van der Waals surface area contributed by atoms with Crippen molar-refractivity contribution < 1.29 is 4.74 Å². The summed E-state index contributed by atoms with van der Waals surface area (Å²) in [5.41, 5.74) is 2.51. The van der Waals surface area contributed by atoms with Crippen LogP contribution in [0.1, 0.15) is 35.2 Å². The highest BCUT2D eigenvalue weighted by Crippen LogP contribution is 2.27. The summed E-state index contributed by atoms with van der Waals surface area (Å²) < 4.78 is 7.14. The Hall–Kier alpha value is -1.24. The number of thiazole rings is 1. The van der Waals surface area contributed by atoms with Crippen molar-refractivity contribution in [2.75, 3.05) is 20.2 Å². The molecule has 3 heterocycles. The quantitative estimate of drug-likeness (QED) is 0.851. The highest BCUT2D eigenvalue weighted by atomic mass is 32.1. The number of ether oxygens (including phenoxy) is 1. The molecule has 0 spiro atoms. The third-order valence-electron chi connectivity index (χ3n) is 4.04. The summed E-state index contributed by atoms with van der Waals surface area (Å²) in [5, 5.41) is 7.52. The maximum absolute atomic E-state index is 5.13. The van der Waals surface area contributed by atoms with E-state index in [1.807, 2.05) is 17.9 Å². The van der Waals surface area contributed by atoms with E-state index in [-0.39, 0.29) is 0 Å². The first-order valence-corrected chi connectivity index (χ1v) is 8.26. The van der Waals surface area contributed by atoms with E-state index in [1.165, 1.54) is 18.5 Å². The number of rotatable bonds is 5. The molecule has 6 heteroatoms. The number of nitrogens with zero attached hydrogens (tertiary/aromatic N) is 4. The van der Waals surface area contributed by atoms with Crippen molar-refractivity contribution in [3.05, 3.63) is 34.0 Å². The number of aromatic nitrogens is 3. The molecular weight excluding hydrogens is 284 g/mol. The standard InChI is InChI=1S/C15H22N4OS/c1-18-14(5-6-16-18)12-4-3-7-19(8-12)9-13-11-21-15(17-13)10-20-2/h5-6,11-12H,3-4,7-10H2,1-2H3/t12-/m0/s1. The Bertz CT molecular complexity index is 580. The second-order valence-corrected chi connectivity index (χ2v) is 6.56. The third kappa shape index (κ3) is 3.51. The Balaban J connectivity index is 1.62. The Morgan fingerprint density at radius 1 is 1.48 bits per heavy atom. The molecule has 1 atom stereocenters. The minimum absolute atomic E-state index is 0.586. The highest BCUT2D eigenvalue weighted by Gasteiger charge is 2.23. The lowest BCUT2D eigenvalue weighted by atomic mass is 9.94. The van der Waals surface area contributed by atoms with Crippen molar-refractivity contribution in [2.45, 2.75) is 31.9 Å². The first-order valence-electron chi connectivity index (χ1n) is 7.38. The molecule has 1 saturated heterocycles. The molecule has 0 amide bonds. The first kappa shape index (κ1) is 14.7. The Morgan fingerprint density at radius 3 is 3.14 bits per heavy atom. The maximum Gasteiger partial charge on any atom is 0.119 e. The van der Waals surface area contributed by atoms with Gasteiger partial charge in [0.2, 0.25) is 0 Å². The molecule has 2 aromatic heterocycles.